The molecule has 0 saturated heterocycles. The third kappa shape index (κ3) is 4.13. The molecule has 1 aromatic rings. The highest BCUT2D eigenvalue weighted by atomic mass is 16.5. The van der Waals surface area contributed by atoms with E-state index >= 15 is 0 Å². The lowest BCUT2D eigenvalue weighted by atomic mass is 10.2. The number of methoxy groups -OCH3 is 1. The van der Waals surface area contributed by atoms with Crippen LogP contribution in [0, 0.1) is 5.92 Å². The minimum Gasteiger partial charge on any atom is -0.504 e. The quantitative estimate of drug-likeness (QED) is 0.734. The summed E-state index contributed by atoms with van der Waals surface area (Å²) >= 11 is 0. The number of rotatable bonds is 7. The lowest BCUT2D eigenvalue weighted by Gasteiger charge is -2.08. The first-order valence-corrected chi connectivity index (χ1v) is 6.43. The highest BCUT2D eigenvalue weighted by Crippen LogP contribution is 2.28. The Morgan fingerprint density at radius 2 is 2.26 bits per heavy atom. The van der Waals surface area contributed by atoms with Crippen molar-refractivity contribution in [3.8, 4) is 11.5 Å². The van der Waals surface area contributed by atoms with Crippen LogP contribution in [-0.4, -0.2) is 37.9 Å². The van der Waals surface area contributed by atoms with Gasteiger partial charge in [0.05, 0.1) is 13.7 Å². The topological polar surface area (TPSA) is 67.8 Å². The standard InChI is InChI=1S/C14H19NO4/c1-18-13-5-4-11(8-12(13)16)14(17)15-6-7-19-9-10-2-3-10/h4-5,8,10,16H,2-3,6-7,9H2,1H3,(H,15,17). The van der Waals surface area contributed by atoms with E-state index in [9.17, 15) is 9.90 Å². The predicted octanol–water partition coefficient (Wildman–Crippen LogP) is 1.56. The first-order chi connectivity index (χ1) is 9.20. The Morgan fingerprint density at radius 3 is 2.89 bits per heavy atom. The zero-order chi connectivity index (χ0) is 13.7. The van der Waals surface area contributed by atoms with Crippen LogP contribution in [0.15, 0.2) is 18.2 Å². The second kappa shape index (κ2) is 6.43. The van der Waals surface area contributed by atoms with Gasteiger partial charge in [-0.05, 0) is 37.0 Å². The fourth-order valence-electron chi connectivity index (χ4n) is 1.70. The molecule has 0 aliphatic heterocycles. The first kappa shape index (κ1) is 13.7. The van der Waals surface area contributed by atoms with Crippen molar-refractivity contribution in [1.29, 1.82) is 0 Å². The molecule has 1 aromatic carbocycles. The number of carbonyl (C=O) groups is 1. The summed E-state index contributed by atoms with van der Waals surface area (Å²) in [6, 6.07) is 4.56. The molecule has 0 unspecified atom stereocenters. The molecule has 1 aliphatic carbocycles. The maximum Gasteiger partial charge on any atom is 0.251 e. The molecule has 0 radical (unpaired) electrons. The van der Waals surface area contributed by atoms with Gasteiger partial charge >= 0.3 is 0 Å². The summed E-state index contributed by atoms with van der Waals surface area (Å²) in [6.45, 7) is 1.78. The minimum atomic E-state index is -0.229. The van der Waals surface area contributed by atoms with Gasteiger partial charge in [0, 0.05) is 18.7 Å². The zero-order valence-corrected chi connectivity index (χ0v) is 11.0. The smallest absolute Gasteiger partial charge is 0.251 e. The predicted molar refractivity (Wildman–Crippen MR) is 70.5 cm³/mol. The molecule has 5 nitrogen and oxygen atoms in total. The molecule has 1 amide bonds. The molecule has 0 aromatic heterocycles. The van der Waals surface area contributed by atoms with Crippen LogP contribution in [-0.2, 0) is 4.74 Å². The Balaban J connectivity index is 1.73. The number of hydrogen-bond acceptors (Lipinski definition) is 4. The van der Waals surface area contributed by atoms with Gasteiger partial charge in [-0.1, -0.05) is 0 Å². The van der Waals surface area contributed by atoms with Crippen LogP contribution in [0.4, 0.5) is 0 Å². The maximum absolute atomic E-state index is 11.8. The van der Waals surface area contributed by atoms with Crippen LogP contribution >= 0.6 is 0 Å². The maximum atomic E-state index is 11.8. The van der Waals surface area contributed by atoms with Gasteiger partial charge in [-0.25, -0.2) is 0 Å². The highest BCUT2D eigenvalue weighted by Gasteiger charge is 2.20. The van der Waals surface area contributed by atoms with Crippen molar-refractivity contribution in [3.05, 3.63) is 23.8 Å². The van der Waals surface area contributed by atoms with E-state index in [1.54, 1.807) is 12.1 Å². The number of nitrogens with one attached hydrogen (secondary N) is 1. The van der Waals surface area contributed by atoms with E-state index < -0.39 is 0 Å². The summed E-state index contributed by atoms with van der Waals surface area (Å²) in [5.74, 6) is 0.812. The Hall–Kier alpha value is -1.75. The van der Waals surface area contributed by atoms with Crippen LogP contribution in [0.25, 0.3) is 0 Å². The lowest BCUT2D eigenvalue weighted by Crippen LogP contribution is -2.27. The lowest BCUT2D eigenvalue weighted by molar-refractivity contribution is 0.0906. The molecule has 0 spiro atoms. The molecule has 0 bridgehead atoms. The molecule has 19 heavy (non-hydrogen) atoms. The highest BCUT2D eigenvalue weighted by molar-refractivity contribution is 5.94. The third-order valence-corrected chi connectivity index (χ3v) is 3.02. The summed E-state index contributed by atoms with van der Waals surface area (Å²) in [5, 5.41) is 12.3. The summed E-state index contributed by atoms with van der Waals surface area (Å²) in [4.78, 5) is 11.8. The van der Waals surface area contributed by atoms with Gasteiger partial charge in [0.1, 0.15) is 0 Å². The summed E-state index contributed by atoms with van der Waals surface area (Å²) in [6.07, 6.45) is 2.52. The Bertz CT molecular complexity index is 443. The number of hydrogen-bond donors (Lipinski definition) is 2. The van der Waals surface area contributed by atoms with Gasteiger partial charge in [0.25, 0.3) is 5.91 Å². The number of phenols is 1. The molecule has 2 rings (SSSR count). The number of benzene rings is 1. The fraction of sp³-hybridized carbons (Fsp3) is 0.500. The van der Waals surface area contributed by atoms with Crippen LogP contribution < -0.4 is 10.1 Å². The van der Waals surface area contributed by atoms with Crippen molar-refractivity contribution in [1.82, 2.24) is 5.32 Å². The van der Waals surface area contributed by atoms with Gasteiger partial charge < -0.3 is 19.9 Å². The SMILES string of the molecule is COc1ccc(C(=O)NCCOCC2CC2)cc1O. The average Bonchev–Trinajstić information content (AvgIpc) is 3.22. The molecule has 104 valence electrons. The van der Waals surface area contributed by atoms with E-state index in [0.717, 1.165) is 12.5 Å². The molecular formula is C14H19NO4. The van der Waals surface area contributed by atoms with Crippen molar-refractivity contribution in [2.75, 3.05) is 26.9 Å². The minimum absolute atomic E-state index is 0.0415. The molecule has 0 atom stereocenters. The molecule has 2 N–H and O–H groups in total. The van der Waals surface area contributed by atoms with Crippen molar-refractivity contribution in [3.63, 3.8) is 0 Å². The van der Waals surface area contributed by atoms with Crippen LogP contribution in [0.3, 0.4) is 0 Å². The second-order valence-electron chi connectivity index (χ2n) is 4.66. The number of aromatic hydroxyl groups is 1. The number of ether oxygens (including phenoxy) is 2. The van der Waals surface area contributed by atoms with Gasteiger partial charge in [-0.2, -0.15) is 0 Å². The van der Waals surface area contributed by atoms with Crippen molar-refractivity contribution < 1.29 is 19.4 Å². The van der Waals surface area contributed by atoms with Crippen LogP contribution in [0.2, 0.25) is 0 Å². The summed E-state index contributed by atoms with van der Waals surface area (Å²) in [7, 11) is 1.46. The molecule has 1 aliphatic rings. The van der Waals surface area contributed by atoms with Crippen LogP contribution in [0.5, 0.6) is 11.5 Å². The molecular weight excluding hydrogens is 246 g/mol. The summed E-state index contributed by atoms with van der Waals surface area (Å²) < 4.78 is 10.3. The normalized spacial score (nSPS) is 14.2. The van der Waals surface area contributed by atoms with E-state index in [4.69, 9.17) is 9.47 Å². The molecule has 5 heteroatoms. The Labute approximate surface area is 112 Å². The van der Waals surface area contributed by atoms with Gasteiger partial charge in [0.2, 0.25) is 0 Å². The third-order valence-electron chi connectivity index (χ3n) is 3.02. The monoisotopic (exact) mass is 265 g/mol. The Kier molecular flexibility index (Phi) is 4.63. The first-order valence-electron chi connectivity index (χ1n) is 6.43. The van der Waals surface area contributed by atoms with Gasteiger partial charge in [0.15, 0.2) is 11.5 Å². The van der Waals surface area contributed by atoms with E-state index in [0.29, 0.717) is 24.5 Å². The second-order valence-corrected chi connectivity index (χ2v) is 4.66. The number of phenolic OH excluding ortho intramolecular Hbond substituents is 1. The van der Waals surface area contributed by atoms with E-state index in [1.165, 1.54) is 26.0 Å². The zero-order valence-electron chi connectivity index (χ0n) is 11.0. The van der Waals surface area contributed by atoms with Gasteiger partial charge in [-0.3, -0.25) is 4.79 Å². The van der Waals surface area contributed by atoms with Crippen molar-refractivity contribution in [2.24, 2.45) is 5.92 Å². The molecule has 0 heterocycles. The fourth-order valence-corrected chi connectivity index (χ4v) is 1.70. The Morgan fingerprint density at radius 1 is 1.47 bits per heavy atom. The molecule has 1 saturated carbocycles. The summed E-state index contributed by atoms with van der Waals surface area (Å²) in [5.41, 5.74) is 0.403. The van der Waals surface area contributed by atoms with Crippen LogP contribution in [0.1, 0.15) is 23.2 Å². The van der Waals surface area contributed by atoms with Gasteiger partial charge in [-0.15, -0.1) is 0 Å². The number of carbonyl (C=O) groups excluding carboxylic acids is 1. The van der Waals surface area contributed by atoms with E-state index in [1.807, 2.05) is 0 Å². The molecule has 1 fully saturated rings. The average molecular weight is 265 g/mol. The number of amides is 1. The van der Waals surface area contributed by atoms with Crippen molar-refractivity contribution in [2.45, 2.75) is 12.8 Å². The largest absolute Gasteiger partial charge is 0.504 e. The van der Waals surface area contributed by atoms with E-state index in [2.05, 4.69) is 5.32 Å². The van der Waals surface area contributed by atoms with E-state index in [-0.39, 0.29) is 11.7 Å². The van der Waals surface area contributed by atoms with Crippen molar-refractivity contribution >= 4 is 5.91 Å².